The van der Waals surface area contributed by atoms with Gasteiger partial charge in [-0.3, -0.25) is 4.79 Å². The van der Waals surface area contributed by atoms with E-state index in [1.807, 2.05) is 18.2 Å². The van der Waals surface area contributed by atoms with Gasteiger partial charge in [0, 0.05) is 24.0 Å². The van der Waals surface area contributed by atoms with Crippen molar-refractivity contribution in [2.24, 2.45) is 0 Å². The normalized spacial score (nSPS) is 9.65. The third-order valence-electron chi connectivity index (χ3n) is 2.47. The topological polar surface area (TPSA) is 70.2 Å². The second-order valence-corrected chi connectivity index (χ2v) is 4.21. The number of amides is 3. The summed E-state index contributed by atoms with van der Waals surface area (Å²) in [5.41, 5.74) is 1.95. The predicted octanol–water partition coefficient (Wildman–Crippen LogP) is 3.29. The molecule has 0 aliphatic rings. The Kier molecular flexibility index (Phi) is 4.34. The maximum absolute atomic E-state index is 11.8. The molecule has 102 valence electrons. The van der Waals surface area contributed by atoms with Crippen LogP contribution in [0.25, 0.3) is 0 Å². The summed E-state index contributed by atoms with van der Waals surface area (Å²) in [5, 5.41) is 8.07. The average Bonchev–Trinajstić information content (AvgIpc) is 2.39. The fourth-order valence-corrected chi connectivity index (χ4v) is 1.69. The molecule has 0 unspecified atom stereocenters. The third-order valence-corrected chi connectivity index (χ3v) is 2.47. The Labute approximate surface area is 117 Å². The molecule has 0 saturated heterocycles. The van der Waals surface area contributed by atoms with Gasteiger partial charge < -0.3 is 16.0 Å². The Morgan fingerprint density at radius 1 is 0.750 bits per heavy atom. The first-order valence-electron chi connectivity index (χ1n) is 6.14. The molecule has 5 heteroatoms. The minimum Gasteiger partial charge on any atom is -0.326 e. The maximum atomic E-state index is 11.8. The molecule has 0 aliphatic heterocycles. The second kappa shape index (κ2) is 6.38. The number of nitrogens with one attached hydrogen (secondary N) is 3. The molecule has 2 aromatic carbocycles. The third kappa shape index (κ3) is 4.13. The van der Waals surface area contributed by atoms with Crippen LogP contribution in [-0.4, -0.2) is 11.9 Å². The van der Waals surface area contributed by atoms with E-state index >= 15 is 0 Å². The molecule has 5 nitrogen and oxygen atoms in total. The summed E-state index contributed by atoms with van der Waals surface area (Å²) in [6, 6.07) is 15.8. The summed E-state index contributed by atoms with van der Waals surface area (Å²) >= 11 is 0. The van der Waals surface area contributed by atoms with Crippen LogP contribution in [0.15, 0.2) is 54.6 Å². The van der Waals surface area contributed by atoms with Crippen molar-refractivity contribution in [3.05, 3.63) is 54.6 Å². The lowest BCUT2D eigenvalue weighted by Crippen LogP contribution is -2.19. The van der Waals surface area contributed by atoms with E-state index in [1.54, 1.807) is 36.4 Å². The van der Waals surface area contributed by atoms with Crippen molar-refractivity contribution in [1.29, 1.82) is 0 Å². The number of carbonyl (C=O) groups excluding carboxylic acids is 2. The first kappa shape index (κ1) is 13.6. The molecule has 0 atom stereocenters. The first-order valence-corrected chi connectivity index (χ1v) is 6.14. The van der Waals surface area contributed by atoms with Crippen LogP contribution in [0, 0.1) is 0 Å². The number of anilines is 3. The monoisotopic (exact) mass is 269 g/mol. The standard InChI is InChI=1S/C15H15N3O2/c1-11(19)16-13-8-5-9-14(10-13)18-15(20)17-12-6-3-2-4-7-12/h2-10H,1H3,(H,16,19)(H2,17,18,20). The van der Waals surface area contributed by atoms with Crippen molar-refractivity contribution in [2.45, 2.75) is 6.92 Å². The molecule has 0 fully saturated rings. The Hall–Kier alpha value is -2.82. The highest BCUT2D eigenvalue weighted by atomic mass is 16.2. The van der Waals surface area contributed by atoms with Gasteiger partial charge in [0.25, 0.3) is 0 Å². The lowest BCUT2D eigenvalue weighted by molar-refractivity contribution is -0.114. The zero-order chi connectivity index (χ0) is 14.4. The Morgan fingerprint density at radius 2 is 1.30 bits per heavy atom. The number of urea groups is 1. The van der Waals surface area contributed by atoms with Gasteiger partial charge in [0.15, 0.2) is 0 Å². The lowest BCUT2D eigenvalue weighted by Gasteiger charge is -2.09. The van der Waals surface area contributed by atoms with E-state index in [4.69, 9.17) is 0 Å². The number of benzene rings is 2. The quantitative estimate of drug-likeness (QED) is 0.800. The van der Waals surface area contributed by atoms with Crippen LogP contribution in [0.1, 0.15) is 6.92 Å². The van der Waals surface area contributed by atoms with Crippen LogP contribution in [0.2, 0.25) is 0 Å². The summed E-state index contributed by atoms with van der Waals surface area (Å²) in [7, 11) is 0. The van der Waals surface area contributed by atoms with Crippen molar-refractivity contribution in [1.82, 2.24) is 0 Å². The fraction of sp³-hybridized carbons (Fsp3) is 0.0667. The molecule has 3 N–H and O–H groups in total. The summed E-state index contributed by atoms with van der Waals surface area (Å²) in [5.74, 6) is -0.157. The van der Waals surface area contributed by atoms with Gasteiger partial charge in [0.2, 0.25) is 5.91 Å². The molecule has 0 spiro atoms. The maximum Gasteiger partial charge on any atom is 0.323 e. The number of para-hydroxylation sites is 1. The summed E-state index contributed by atoms with van der Waals surface area (Å²) < 4.78 is 0. The Bertz CT molecular complexity index is 612. The van der Waals surface area contributed by atoms with Crippen molar-refractivity contribution >= 4 is 29.0 Å². The van der Waals surface area contributed by atoms with E-state index in [-0.39, 0.29) is 11.9 Å². The van der Waals surface area contributed by atoms with Crippen LogP contribution in [0.4, 0.5) is 21.9 Å². The Morgan fingerprint density at radius 3 is 1.95 bits per heavy atom. The van der Waals surface area contributed by atoms with Crippen molar-refractivity contribution < 1.29 is 9.59 Å². The van der Waals surface area contributed by atoms with Gasteiger partial charge in [0.05, 0.1) is 0 Å². The number of rotatable bonds is 3. The van der Waals surface area contributed by atoms with Gasteiger partial charge in [-0.1, -0.05) is 24.3 Å². The molecule has 0 aliphatic carbocycles. The summed E-state index contributed by atoms with van der Waals surface area (Å²) in [6.07, 6.45) is 0. The molecule has 2 aromatic rings. The van der Waals surface area contributed by atoms with E-state index < -0.39 is 0 Å². The molecule has 0 saturated carbocycles. The Balaban J connectivity index is 1.99. The van der Waals surface area contributed by atoms with Gasteiger partial charge in [0.1, 0.15) is 0 Å². The zero-order valence-electron chi connectivity index (χ0n) is 11.0. The van der Waals surface area contributed by atoms with Gasteiger partial charge in [-0.05, 0) is 30.3 Å². The molecular weight excluding hydrogens is 254 g/mol. The molecule has 0 radical (unpaired) electrons. The minimum absolute atomic E-state index is 0.157. The second-order valence-electron chi connectivity index (χ2n) is 4.21. The number of hydrogen-bond acceptors (Lipinski definition) is 2. The molecular formula is C15H15N3O2. The molecule has 20 heavy (non-hydrogen) atoms. The van der Waals surface area contributed by atoms with Crippen LogP contribution < -0.4 is 16.0 Å². The van der Waals surface area contributed by atoms with E-state index in [1.165, 1.54) is 6.92 Å². The van der Waals surface area contributed by atoms with Crippen LogP contribution in [-0.2, 0) is 4.79 Å². The molecule has 3 amide bonds. The predicted molar refractivity (Wildman–Crippen MR) is 79.8 cm³/mol. The fourth-order valence-electron chi connectivity index (χ4n) is 1.69. The number of carbonyl (C=O) groups is 2. The van der Waals surface area contributed by atoms with Crippen LogP contribution in [0.3, 0.4) is 0 Å². The summed E-state index contributed by atoms with van der Waals surface area (Å²) in [4.78, 5) is 22.8. The average molecular weight is 269 g/mol. The highest BCUT2D eigenvalue weighted by Crippen LogP contribution is 2.15. The van der Waals surface area contributed by atoms with Crippen LogP contribution in [0.5, 0.6) is 0 Å². The van der Waals surface area contributed by atoms with Crippen molar-refractivity contribution in [3.8, 4) is 0 Å². The lowest BCUT2D eigenvalue weighted by atomic mass is 10.2. The molecule has 2 rings (SSSR count). The van der Waals surface area contributed by atoms with Crippen molar-refractivity contribution in [2.75, 3.05) is 16.0 Å². The number of hydrogen-bond donors (Lipinski definition) is 3. The van der Waals surface area contributed by atoms with E-state index in [9.17, 15) is 9.59 Å². The zero-order valence-corrected chi connectivity index (χ0v) is 11.0. The van der Waals surface area contributed by atoms with Crippen LogP contribution >= 0.6 is 0 Å². The first-order chi connectivity index (χ1) is 9.63. The van der Waals surface area contributed by atoms with Gasteiger partial charge in [-0.15, -0.1) is 0 Å². The van der Waals surface area contributed by atoms with Gasteiger partial charge in [-0.25, -0.2) is 4.79 Å². The largest absolute Gasteiger partial charge is 0.326 e. The summed E-state index contributed by atoms with van der Waals surface area (Å²) in [6.45, 7) is 1.43. The molecule has 0 heterocycles. The smallest absolute Gasteiger partial charge is 0.323 e. The van der Waals surface area contributed by atoms with E-state index in [0.29, 0.717) is 17.1 Å². The van der Waals surface area contributed by atoms with E-state index in [2.05, 4.69) is 16.0 Å². The van der Waals surface area contributed by atoms with Gasteiger partial charge in [-0.2, -0.15) is 0 Å². The highest BCUT2D eigenvalue weighted by Gasteiger charge is 2.03. The SMILES string of the molecule is CC(=O)Nc1cccc(NC(=O)Nc2ccccc2)c1. The highest BCUT2D eigenvalue weighted by molar-refractivity contribution is 6.00. The van der Waals surface area contributed by atoms with Crippen molar-refractivity contribution in [3.63, 3.8) is 0 Å². The van der Waals surface area contributed by atoms with E-state index in [0.717, 1.165) is 0 Å². The molecule has 0 bridgehead atoms. The minimum atomic E-state index is -0.337. The molecule has 0 aromatic heterocycles. The van der Waals surface area contributed by atoms with Gasteiger partial charge >= 0.3 is 6.03 Å².